The van der Waals surface area contributed by atoms with Gasteiger partial charge in [-0.25, -0.2) is 13.2 Å². The number of anilines is 1. The molecule has 0 saturated carbocycles. The minimum absolute atomic E-state index is 0.209. The van der Waals surface area contributed by atoms with Crippen molar-refractivity contribution in [3.05, 3.63) is 65.5 Å². The van der Waals surface area contributed by atoms with E-state index in [1.54, 1.807) is 0 Å². The fourth-order valence-electron chi connectivity index (χ4n) is 1.79. The quantitative estimate of drug-likeness (QED) is 0.861. The van der Waals surface area contributed by atoms with Gasteiger partial charge in [0.25, 0.3) is 5.91 Å². The molecule has 1 N–H and O–H groups in total. The van der Waals surface area contributed by atoms with Gasteiger partial charge in [-0.15, -0.1) is 0 Å². The van der Waals surface area contributed by atoms with Gasteiger partial charge in [-0.1, -0.05) is 12.1 Å². The molecular weight excluding hydrogens is 311 g/mol. The van der Waals surface area contributed by atoms with Crippen molar-refractivity contribution < 1.29 is 27.5 Å². The van der Waals surface area contributed by atoms with Crippen LogP contribution in [0.1, 0.15) is 5.56 Å². The van der Waals surface area contributed by atoms with Crippen molar-refractivity contribution in [3.8, 4) is 0 Å². The number of benzene rings is 2. The molecule has 0 aromatic heterocycles. The molecule has 120 valence electrons. The Morgan fingerprint density at radius 1 is 1.00 bits per heavy atom. The van der Waals surface area contributed by atoms with Crippen molar-refractivity contribution in [3.63, 3.8) is 0 Å². The molecule has 0 heterocycles. The summed E-state index contributed by atoms with van der Waals surface area (Å²) in [5.74, 6) is -3.59. The average Bonchev–Trinajstić information content (AvgIpc) is 2.49. The highest BCUT2D eigenvalue weighted by Gasteiger charge is 2.11. The zero-order valence-electron chi connectivity index (χ0n) is 11.8. The van der Waals surface area contributed by atoms with Gasteiger partial charge < -0.3 is 10.1 Å². The molecule has 23 heavy (non-hydrogen) atoms. The van der Waals surface area contributed by atoms with E-state index >= 15 is 0 Å². The van der Waals surface area contributed by atoms with Crippen LogP contribution in [-0.4, -0.2) is 18.5 Å². The number of hydrogen-bond donors (Lipinski definition) is 1. The van der Waals surface area contributed by atoms with Crippen LogP contribution in [0.4, 0.5) is 18.9 Å². The number of amides is 1. The Morgan fingerprint density at radius 3 is 2.48 bits per heavy atom. The topological polar surface area (TPSA) is 55.4 Å². The molecule has 0 unspecified atom stereocenters. The lowest BCUT2D eigenvalue weighted by atomic mass is 10.1. The van der Waals surface area contributed by atoms with Gasteiger partial charge in [-0.3, -0.25) is 9.59 Å². The summed E-state index contributed by atoms with van der Waals surface area (Å²) in [5.41, 5.74) is 0.0442. The zero-order valence-corrected chi connectivity index (χ0v) is 11.8. The summed E-state index contributed by atoms with van der Waals surface area (Å²) in [5, 5.41) is 2.09. The summed E-state index contributed by atoms with van der Waals surface area (Å²) in [4.78, 5) is 23.1. The number of carbonyl (C=O) groups excluding carboxylic acids is 2. The third-order valence-electron chi connectivity index (χ3n) is 2.80. The number of ether oxygens (including phenoxy) is 1. The van der Waals surface area contributed by atoms with Crippen LogP contribution in [0, 0.1) is 17.5 Å². The Hall–Kier alpha value is -2.83. The molecule has 0 aliphatic heterocycles. The predicted molar refractivity (Wildman–Crippen MR) is 76.1 cm³/mol. The van der Waals surface area contributed by atoms with Gasteiger partial charge in [0.15, 0.2) is 6.61 Å². The van der Waals surface area contributed by atoms with E-state index in [0.29, 0.717) is 5.56 Å². The van der Waals surface area contributed by atoms with Crippen LogP contribution in [0.25, 0.3) is 0 Å². The molecule has 0 aliphatic rings. The fraction of sp³-hybridized carbons (Fsp3) is 0.125. The molecule has 4 nitrogen and oxygen atoms in total. The summed E-state index contributed by atoms with van der Waals surface area (Å²) < 4.78 is 43.9. The van der Waals surface area contributed by atoms with E-state index in [-0.39, 0.29) is 12.1 Å². The van der Waals surface area contributed by atoms with E-state index in [1.807, 2.05) is 0 Å². The average molecular weight is 323 g/mol. The Bertz CT molecular complexity index is 734. The first-order valence-electron chi connectivity index (χ1n) is 6.59. The summed E-state index contributed by atoms with van der Waals surface area (Å²) in [6, 6.07) is 7.95. The Labute approximate surface area is 129 Å². The summed E-state index contributed by atoms with van der Waals surface area (Å²) >= 11 is 0. The van der Waals surface area contributed by atoms with Gasteiger partial charge in [-0.05, 0) is 29.8 Å². The highest BCUT2D eigenvalue weighted by Crippen LogP contribution is 2.15. The fourth-order valence-corrected chi connectivity index (χ4v) is 1.79. The van der Waals surface area contributed by atoms with Crippen LogP contribution in [0.3, 0.4) is 0 Å². The van der Waals surface area contributed by atoms with Gasteiger partial charge in [0.05, 0.1) is 12.1 Å². The second kappa shape index (κ2) is 7.44. The van der Waals surface area contributed by atoms with Crippen LogP contribution < -0.4 is 5.32 Å². The summed E-state index contributed by atoms with van der Waals surface area (Å²) in [6.07, 6.45) is -0.209. The number of halogens is 3. The Morgan fingerprint density at radius 2 is 1.74 bits per heavy atom. The maximum absolute atomic E-state index is 13.3. The Balaban J connectivity index is 1.84. The first-order chi connectivity index (χ1) is 10.9. The molecule has 2 rings (SSSR count). The molecule has 2 aromatic rings. The maximum Gasteiger partial charge on any atom is 0.310 e. The smallest absolute Gasteiger partial charge is 0.310 e. The second-order valence-corrected chi connectivity index (χ2v) is 4.64. The first-order valence-corrected chi connectivity index (χ1v) is 6.59. The number of esters is 1. The van der Waals surface area contributed by atoms with E-state index in [0.717, 1.165) is 18.2 Å². The van der Waals surface area contributed by atoms with E-state index in [4.69, 9.17) is 4.74 Å². The molecule has 0 saturated heterocycles. The molecule has 0 atom stereocenters. The van der Waals surface area contributed by atoms with Gasteiger partial charge in [0.2, 0.25) is 0 Å². The summed E-state index contributed by atoms with van der Waals surface area (Å²) in [6.45, 7) is -0.663. The van der Waals surface area contributed by atoms with Crippen molar-refractivity contribution in [1.29, 1.82) is 0 Å². The molecule has 7 heteroatoms. The predicted octanol–water partition coefficient (Wildman–Crippen LogP) is 2.83. The monoisotopic (exact) mass is 323 g/mol. The highest BCUT2D eigenvalue weighted by atomic mass is 19.1. The van der Waals surface area contributed by atoms with E-state index in [1.165, 1.54) is 24.3 Å². The standard InChI is InChI=1S/C16H12F3NO3/c17-11-3-1-2-10(6-11)7-16(22)23-9-15(21)20-14-8-12(18)4-5-13(14)19/h1-6,8H,7,9H2,(H,20,21). The minimum Gasteiger partial charge on any atom is -0.455 e. The molecule has 0 aliphatic carbocycles. The largest absolute Gasteiger partial charge is 0.455 e. The van der Waals surface area contributed by atoms with Gasteiger partial charge in [0, 0.05) is 6.07 Å². The molecule has 2 aromatic carbocycles. The summed E-state index contributed by atoms with van der Waals surface area (Å²) in [7, 11) is 0. The van der Waals surface area contributed by atoms with Crippen molar-refractivity contribution in [1.82, 2.24) is 0 Å². The molecule has 0 fully saturated rings. The first kappa shape index (κ1) is 16.5. The van der Waals surface area contributed by atoms with Crippen molar-refractivity contribution >= 4 is 17.6 Å². The van der Waals surface area contributed by atoms with Crippen LogP contribution in [0.15, 0.2) is 42.5 Å². The lowest BCUT2D eigenvalue weighted by Crippen LogP contribution is -2.22. The molecule has 0 bridgehead atoms. The van der Waals surface area contributed by atoms with Crippen molar-refractivity contribution in [2.24, 2.45) is 0 Å². The molecule has 0 spiro atoms. The molecular formula is C16H12F3NO3. The highest BCUT2D eigenvalue weighted by molar-refractivity contribution is 5.93. The van der Waals surface area contributed by atoms with Gasteiger partial charge in [0.1, 0.15) is 17.5 Å². The lowest BCUT2D eigenvalue weighted by Gasteiger charge is -2.07. The van der Waals surface area contributed by atoms with E-state index in [2.05, 4.69) is 5.32 Å². The van der Waals surface area contributed by atoms with Crippen LogP contribution in [-0.2, 0) is 20.7 Å². The van der Waals surface area contributed by atoms with Gasteiger partial charge >= 0.3 is 5.97 Å². The van der Waals surface area contributed by atoms with Crippen LogP contribution >= 0.6 is 0 Å². The lowest BCUT2D eigenvalue weighted by molar-refractivity contribution is -0.146. The molecule has 1 amide bonds. The van der Waals surface area contributed by atoms with Crippen molar-refractivity contribution in [2.45, 2.75) is 6.42 Å². The van der Waals surface area contributed by atoms with Crippen LogP contribution in [0.2, 0.25) is 0 Å². The van der Waals surface area contributed by atoms with Crippen LogP contribution in [0.5, 0.6) is 0 Å². The zero-order chi connectivity index (χ0) is 16.8. The third-order valence-corrected chi connectivity index (χ3v) is 2.80. The van der Waals surface area contributed by atoms with Gasteiger partial charge in [-0.2, -0.15) is 0 Å². The third kappa shape index (κ3) is 5.14. The number of hydrogen-bond acceptors (Lipinski definition) is 3. The second-order valence-electron chi connectivity index (χ2n) is 4.64. The number of carbonyl (C=O) groups is 2. The Kier molecular flexibility index (Phi) is 5.35. The number of nitrogens with one attached hydrogen (secondary N) is 1. The van der Waals surface area contributed by atoms with Crippen molar-refractivity contribution in [2.75, 3.05) is 11.9 Å². The SMILES string of the molecule is O=C(COC(=O)Cc1cccc(F)c1)Nc1cc(F)ccc1F. The number of rotatable bonds is 5. The minimum atomic E-state index is -0.818. The normalized spacial score (nSPS) is 10.2. The van der Waals surface area contributed by atoms with E-state index < -0.39 is 35.9 Å². The maximum atomic E-state index is 13.3. The molecule has 0 radical (unpaired) electrons. The van der Waals surface area contributed by atoms with E-state index in [9.17, 15) is 22.8 Å².